The number of tetrazole rings is 1. The van der Waals surface area contributed by atoms with Crippen LogP contribution in [0.5, 0.6) is 5.75 Å². The molecular formula is C14H16F2N4O2S. The zero-order valence-electron chi connectivity index (χ0n) is 12.6. The third-order valence-corrected chi connectivity index (χ3v) is 3.73. The molecule has 6 nitrogen and oxygen atoms in total. The van der Waals surface area contributed by atoms with Crippen LogP contribution < -0.4 is 4.74 Å². The number of alkyl halides is 2. The average Bonchev–Trinajstić information content (AvgIpc) is 2.91. The highest BCUT2D eigenvalue weighted by Gasteiger charge is 2.13. The molecule has 0 saturated heterocycles. The van der Waals surface area contributed by atoms with E-state index in [0.717, 1.165) is 0 Å². The van der Waals surface area contributed by atoms with Crippen molar-refractivity contribution in [3.8, 4) is 5.75 Å². The van der Waals surface area contributed by atoms with Crippen LogP contribution in [0.3, 0.4) is 0 Å². The topological polar surface area (TPSA) is 69.9 Å². The number of aromatic nitrogens is 4. The van der Waals surface area contributed by atoms with Crippen LogP contribution in [-0.2, 0) is 6.54 Å². The molecule has 0 atom stereocenters. The smallest absolute Gasteiger partial charge is 0.387 e. The number of ether oxygens (including phenoxy) is 1. The lowest BCUT2D eigenvalue weighted by Gasteiger charge is -2.07. The van der Waals surface area contributed by atoms with Gasteiger partial charge < -0.3 is 4.74 Å². The maximum Gasteiger partial charge on any atom is 0.387 e. The lowest BCUT2D eigenvalue weighted by Crippen LogP contribution is -2.09. The van der Waals surface area contributed by atoms with Crippen molar-refractivity contribution in [2.45, 2.75) is 32.2 Å². The monoisotopic (exact) mass is 342 g/mol. The van der Waals surface area contributed by atoms with Gasteiger partial charge in [0, 0.05) is 12.1 Å². The summed E-state index contributed by atoms with van der Waals surface area (Å²) in [7, 11) is 0. The van der Waals surface area contributed by atoms with Gasteiger partial charge in [-0.3, -0.25) is 4.79 Å². The van der Waals surface area contributed by atoms with Crippen molar-refractivity contribution in [1.29, 1.82) is 0 Å². The van der Waals surface area contributed by atoms with E-state index in [2.05, 4.69) is 20.3 Å². The second-order valence-corrected chi connectivity index (χ2v) is 6.09. The van der Waals surface area contributed by atoms with Crippen molar-refractivity contribution in [3.63, 3.8) is 0 Å². The summed E-state index contributed by atoms with van der Waals surface area (Å²) in [4.78, 5) is 12.1. The Kier molecular flexibility index (Phi) is 6.03. The molecule has 0 aliphatic heterocycles. The van der Waals surface area contributed by atoms with Crippen LogP contribution in [-0.4, -0.2) is 38.4 Å². The van der Waals surface area contributed by atoms with Gasteiger partial charge in [0.15, 0.2) is 5.78 Å². The van der Waals surface area contributed by atoms with Crippen molar-refractivity contribution in [1.82, 2.24) is 20.2 Å². The fraction of sp³-hybridized carbons (Fsp3) is 0.429. The Bertz CT molecular complexity index is 646. The van der Waals surface area contributed by atoms with Gasteiger partial charge in [-0.25, -0.2) is 4.68 Å². The van der Waals surface area contributed by atoms with Gasteiger partial charge in [0.25, 0.3) is 0 Å². The Morgan fingerprint density at radius 1 is 1.30 bits per heavy atom. The highest BCUT2D eigenvalue weighted by atomic mass is 32.2. The van der Waals surface area contributed by atoms with Crippen molar-refractivity contribution in [2.75, 3.05) is 5.75 Å². The molecule has 124 valence electrons. The quantitative estimate of drug-likeness (QED) is 0.543. The van der Waals surface area contributed by atoms with E-state index in [1.54, 1.807) is 4.68 Å². The second kappa shape index (κ2) is 8.00. The second-order valence-electron chi connectivity index (χ2n) is 5.15. The molecule has 0 aliphatic rings. The minimum absolute atomic E-state index is 0.0186. The van der Waals surface area contributed by atoms with Crippen molar-refractivity contribution >= 4 is 17.5 Å². The van der Waals surface area contributed by atoms with E-state index in [4.69, 9.17) is 0 Å². The molecule has 0 bridgehead atoms. The SMILES string of the molecule is CC(C)Cn1nnnc1SCC(=O)c1ccc(OC(F)F)cc1. The number of ketones is 1. The average molecular weight is 342 g/mol. The summed E-state index contributed by atoms with van der Waals surface area (Å²) in [6, 6.07) is 5.59. The van der Waals surface area contributed by atoms with Gasteiger partial charge in [-0.2, -0.15) is 8.78 Å². The van der Waals surface area contributed by atoms with E-state index in [1.165, 1.54) is 36.0 Å². The van der Waals surface area contributed by atoms with Crippen molar-refractivity contribution in [2.24, 2.45) is 5.92 Å². The molecule has 1 heterocycles. The molecule has 0 fully saturated rings. The maximum absolute atomic E-state index is 12.1. The van der Waals surface area contributed by atoms with Crippen molar-refractivity contribution in [3.05, 3.63) is 29.8 Å². The lowest BCUT2D eigenvalue weighted by atomic mass is 10.1. The molecule has 0 radical (unpaired) electrons. The Labute approximate surface area is 136 Å². The molecule has 9 heteroatoms. The number of carbonyl (C=O) groups is 1. The van der Waals surface area contributed by atoms with Crippen molar-refractivity contribution < 1.29 is 18.3 Å². The van der Waals surface area contributed by atoms with Crippen LogP contribution in [0.25, 0.3) is 0 Å². The number of carbonyl (C=O) groups excluding carboxylic acids is 1. The van der Waals surface area contributed by atoms with E-state index >= 15 is 0 Å². The summed E-state index contributed by atoms with van der Waals surface area (Å²) >= 11 is 1.24. The molecular weight excluding hydrogens is 326 g/mol. The highest BCUT2D eigenvalue weighted by molar-refractivity contribution is 7.99. The fourth-order valence-corrected chi connectivity index (χ4v) is 2.58. The van der Waals surface area contributed by atoms with E-state index in [1.807, 2.05) is 13.8 Å². The molecule has 0 N–H and O–H groups in total. The summed E-state index contributed by atoms with van der Waals surface area (Å²) in [6.45, 7) is 1.88. The largest absolute Gasteiger partial charge is 0.435 e. The standard InChI is InChI=1S/C14H16F2N4O2S/c1-9(2)7-20-14(17-18-19-20)23-8-12(21)10-3-5-11(6-4-10)22-13(15)16/h3-6,9,13H,7-8H2,1-2H3. The van der Waals surface area contributed by atoms with Gasteiger partial charge in [-0.1, -0.05) is 25.6 Å². The van der Waals surface area contributed by atoms with Gasteiger partial charge in [-0.15, -0.1) is 5.10 Å². The molecule has 2 aromatic rings. The summed E-state index contributed by atoms with van der Waals surface area (Å²) in [5, 5.41) is 12.0. The number of thioether (sulfide) groups is 1. The first-order valence-corrected chi connectivity index (χ1v) is 7.91. The molecule has 0 aliphatic carbocycles. The summed E-state index contributed by atoms with van der Waals surface area (Å²) in [5.41, 5.74) is 0.419. The van der Waals surface area contributed by atoms with Crippen LogP contribution in [0.2, 0.25) is 0 Å². The number of hydrogen-bond donors (Lipinski definition) is 0. The Balaban J connectivity index is 1.93. The summed E-state index contributed by atoms with van der Waals surface area (Å²) in [5.74, 6) is 0.423. The van der Waals surface area contributed by atoms with Crippen LogP contribution in [0, 0.1) is 5.92 Å². The van der Waals surface area contributed by atoms with Gasteiger partial charge in [0.05, 0.1) is 5.75 Å². The first kappa shape index (κ1) is 17.3. The van der Waals surface area contributed by atoms with Gasteiger partial charge >= 0.3 is 6.61 Å². The molecule has 0 saturated carbocycles. The van der Waals surface area contributed by atoms with Gasteiger partial charge in [-0.05, 0) is 40.6 Å². The van der Waals surface area contributed by atoms with Crippen LogP contribution in [0.1, 0.15) is 24.2 Å². The van der Waals surface area contributed by atoms with Crippen LogP contribution in [0.4, 0.5) is 8.78 Å². The molecule has 23 heavy (non-hydrogen) atoms. The third-order valence-electron chi connectivity index (χ3n) is 2.77. The normalized spacial score (nSPS) is 11.2. The molecule has 0 spiro atoms. The maximum atomic E-state index is 12.1. The molecule has 2 rings (SSSR count). The number of halogens is 2. The number of Topliss-reactive ketones (excluding diaryl/α,β-unsaturated/α-hetero) is 1. The molecule has 0 amide bonds. The van der Waals surface area contributed by atoms with Gasteiger partial charge in [0.1, 0.15) is 5.75 Å². The predicted molar refractivity (Wildman–Crippen MR) is 80.8 cm³/mol. The molecule has 0 unspecified atom stereocenters. The zero-order chi connectivity index (χ0) is 16.8. The zero-order valence-corrected chi connectivity index (χ0v) is 13.5. The van der Waals surface area contributed by atoms with Gasteiger partial charge in [0.2, 0.25) is 5.16 Å². The number of benzene rings is 1. The number of rotatable bonds is 8. The molecule has 1 aromatic heterocycles. The third kappa shape index (κ3) is 5.27. The van der Waals surface area contributed by atoms with Crippen LogP contribution >= 0.6 is 11.8 Å². The Morgan fingerprint density at radius 3 is 2.61 bits per heavy atom. The number of nitrogens with zero attached hydrogens (tertiary/aromatic N) is 4. The first-order valence-electron chi connectivity index (χ1n) is 6.92. The predicted octanol–water partition coefficient (Wildman–Crippen LogP) is 2.91. The fourth-order valence-electron chi connectivity index (χ4n) is 1.80. The summed E-state index contributed by atoms with van der Waals surface area (Å²) in [6.07, 6.45) is 0. The number of hydrogen-bond acceptors (Lipinski definition) is 6. The van der Waals surface area contributed by atoms with E-state index < -0.39 is 6.61 Å². The molecule has 1 aromatic carbocycles. The van der Waals surface area contributed by atoms with E-state index in [9.17, 15) is 13.6 Å². The minimum Gasteiger partial charge on any atom is -0.435 e. The Hall–Kier alpha value is -2.03. The lowest BCUT2D eigenvalue weighted by molar-refractivity contribution is -0.0498. The summed E-state index contributed by atoms with van der Waals surface area (Å²) < 4.78 is 30.0. The Morgan fingerprint density at radius 2 is 2.00 bits per heavy atom. The van der Waals surface area contributed by atoms with E-state index in [0.29, 0.717) is 23.2 Å². The minimum atomic E-state index is -2.88. The van der Waals surface area contributed by atoms with E-state index in [-0.39, 0.29) is 17.3 Å². The first-order chi connectivity index (χ1) is 11.0. The van der Waals surface area contributed by atoms with Crippen LogP contribution in [0.15, 0.2) is 29.4 Å². The highest BCUT2D eigenvalue weighted by Crippen LogP contribution is 2.19.